The summed E-state index contributed by atoms with van der Waals surface area (Å²) in [6.45, 7) is 13.4. The molecular formula is C17H26O4. The van der Waals surface area contributed by atoms with Crippen LogP contribution < -0.4 is 0 Å². The van der Waals surface area contributed by atoms with E-state index in [0.717, 1.165) is 11.1 Å². The minimum Gasteiger partial charge on any atom is -0.463 e. The van der Waals surface area contributed by atoms with Crippen LogP contribution in [0.25, 0.3) is 0 Å². The van der Waals surface area contributed by atoms with Gasteiger partial charge in [0.25, 0.3) is 6.47 Å². The van der Waals surface area contributed by atoms with E-state index < -0.39 is 0 Å². The highest BCUT2D eigenvalue weighted by molar-refractivity contribution is 5.66. The SMILES string of the molecule is C=C(C)\C=C/C(=C\C)/C=C(\COC=O)COC(C)=O.CC. The van der Waals surface area contributed by atoms with E-state index in [4.69, 9.17) is 4.74 Å². The van der Waals surface area contributed by atoms with Crippen molar-refractivity contribution in [2.45, 2.75) is 34.6 Å². The third-order valence-electron chi connectivity index (χ3n) is 2.06. The molecule has 0 atom stereocenters. The molecule has 0 N–H and O–H groups in total. The molecule has 0 aromatic rings. The second-order valence-electron chi connectivity index (χ2n) is 3.96. The Labute approximate surface area is 127 Å². The van der Waals surface area contributed by atoms with Gasteiger partial charge >= 0.3 is 5.97 Å². The molecule has 0 radical (unpaired) electrons. The lowest BCUT2D eigenvalue weighted by Gasteiger charge is -2.07. The van der Waals surface area contributed by atoms with Crippen LogP contribution in [-0.2, 0) is 19.1 Å². The van der Waals surface area contributed by atoms with E-state index in [1.165, 1.54) is 6.92 Å². The van der Waals surface area contributed by atoms with Crippen molar-refractivity contribution in [1.29, 1.82) is 0 Å². The van der Waals surface area contributed by atoms with Gasteiger partial charge in [0.1, 0.15) is 13.2 Å². The van der Waals surface area contributed by atoms with E-state index in [1.54, 1.807) is 0 Å². The second kappa shape index (κ2) is 14.3. The third-order valence-corrected chi connectivity index (χ3v) is 2.06. The molecule has 0 heterocycles. The lowest BCUT2D eigenvalue weighted by atomic mass is 10.1. The zero-order chi connectivity index (χ0) is 16.7. The third kappa shape index (κ3) is 14.1. The van der Waals surface area contributed by atoms with Gasteiger partial charge in [-0.05, 0) is 25.5 Å². The van der Waals surface area contributed by atoms with Gasteiger partial charge in [-0.1, -0.05) is 44.2 Å². The van der Waals surface area contributed by atoms with Gasteiger partial charge in [-0.25, -0.2) is 0 Å². The largest absolute Gasteiger partial charge is 0.463 e. The molecule has 0 aromatic carbocycles. The van der Waals surface area contributed by atoms with Crippen LogP contribution in [0, 0.1) is 0 Å². The fourth-order valence-electron chi connectivity index (χ4n) is 1.16. The Morgan fingerprint density at radius 1 is 1.14 bits per heavy atom. The number of hydrogen-bond acceptors (Lipinski definition) is 4. The Morgan fingerprint density at radius 3 is 2.19 bits per heavy atom. The number of allylic oxidation sites excluding steroid dienone is 6. The molecule has 4 nitrogen and oxygen atoms in total. The molecule has 21 heavy (non-hydrogen) atoms. The van der Waals surface area contributed by atoms with E-state index in [0.29, 0.717) is 12.0 Å². The number of carbonyl (C=O) groups is 2. The predicted molar refractivity (Wildman–Crippen MR) is 85.8 cm³/mol. The Kier molecular flexibility index (Phi) is 14.5. The first kappa shape index (κ1) is 21.2. The van der Waals surface area contributed by atoms with Crippen LogP contribution in [0.4, 0.5) is 0 Å². The molecule has 0 saturated heterocycles. The summed E-state index contributed by atoms with van der Waals surface area (Å²) in [7, 11) is 0. The first-order chi connectivity index (χ1) is 9.99. The van der Waals surface area contributed by atoms with Crippen molar-refractivity contribution in [3.63, 3.8) is 0 Å². The van der Waals surface area contributed by atoms with Crippen LogP contribution in [0.15, 0.2) is 47.6 Å². The molecule has 0 aliphatic carbocycles. The van der Waals surface area contributed by atoms with Crippen molar-refractivity contribution >= 4 is 12.4 Å². The van der Waals surface area contributed by atoms with Crippen molar-refractivity contribution < 1.29 is 19.1 Å². The molecule has 0 saturated carbocycles. The number of esters is 1. The van der Waals surface area contributed by atoms with Gasteiger partial charge in [-0.2, -0.15) is 0 Å². The number of ether oxygens (including phenoxy) is 2. The summed E-state index contributed by atoms with van der Waals surface area (Å²) < 4.78 is 9.59. The van der Waals surface area contributed by atoms with Gasteiger partial charge in [0.05, 0.1) is 0 Å². The maximum absolute atomic E-state index is 10.8. The Bertz CT molecular complexity index is 415. The first-order valence-electron chi connectivity index (χ1n) is 6.87. The molecule has 0 aromatic heterocycles. The maximum Gasteiger partial charge on any atom is 0.302 e. The van der Waals surface area contributed by atoms with E-state index >= 15 is 0 Å². The average molecular weight is 294 g/mol. The van der Waals surface area contributed by atoms with Crippen LogP contribution in [0.5, 0.6) is 0 Å². The fourth-order valence-corrected chi connectivity index (χ4v) is 1.16. The molecule has 0 bridgehead atoms. The van der Waals surface area contributed by atoms with Crippen LogP contribution in [0.2, 0.25) is 0 Å². The summed E-state index contributed by atoms with van der Waals surface area (Å²) >= 11 is 0. The van der Waals surface area contributed by atoms with Gasteiger partial charge in [-0.3, -0.25) is 9.59 Å². The Balaban J connectivity index is 0. The summed E-state index contributed by atoms with van der Waals surface area (Å²) in [5.74, 6) is -0.378. The van der Waals surface area contributed by atoms with Crippen LogP contribution >= 0.6 is 0 Å². The fraction of sp³-hybridized carbons (Fsp3) is 0.412. The van der Waals surface area contributed by atoms with Gasteiger partial charge < -0.3 is 9.47 Å². The molecule has 0 rings (SSSR count). The van der Waals surface area contributed by atoms with Gasteiger partial charge in [-0.15, -0.1) is 0 Å². The molecule has 4 heteroatoms. The Morgan fingerprint density at radius 2 is 1.76 bits per heavy atom. The Hall–Kier alpha value is -2.10. The molecule has 0 fully saturated rings. The van der Waals surface area contributed by atoms with Crippen molar-refractivity contribution in [3.05, 3.63) is 47.6 Å². The van der Waals surface area contributed by atoms with Crippen molar-refractivity contribution in [1.82, 2.24) is 0 Å². The minimum absolute atomic E-state index is 0.0923. The molecular weight excluding hydrogens is 268 g/mol. The molecule has 0 spiro atoms. The lowest BCUT2D eigenvalue weighted by Crippen LogP contribution is -2.08. The normalized spacial score (nSPS) is 11.5. The quantitative estimate of drug-likeness (QED) is 0.388. The zero-order valence-corrected chi connectivity index (χ0v) is 13.6. The second-order valence-corrected chi connectivity index (χ2v) is 3.96. The summed E-state index contributed by atoms with van der Waals surface area (Å²) in [4.78, 5) is 21.0. The van der Waals surface area contributed by atoms with E-state index in [9.17, 15) is 9.59 Å². The summed E-state index contributed by atoms with van der Waals surface area (Å²) in [6, 6.07) is 0. The standard InChI is InChI=1S/C15H20O4.C2H6/c1-5-14(7-6-12(2)3)8-15(9-18-11-16)10-19-13(4)17;1-2/h5-8,11H,2,9-10H2,1,3-4H3;1-2H3/b7-6-,14-5+,15-8+;. The lowest BCUT2D eigenvalue weighted by molar-refractivity contribution is -0.140. The highest BCUT2D eigenvalue weighted by atomic mass is 16.5. The molecule has 0 aliphatic rings. The van der Waals surface area contributed by atoms with Crippen molar-refractivity contribution in [2.75, 3.05) is 13.2 Å². The van der Waals surface area contributed by atoms with Gasteiger partial charge in [0.15, 0.2) is 0 Å². The van der Waals surface area contributed by atoms with Crippen molar-refractivity contribution in [2.24, 2.45) is 0 Å². The zero-order valence-electron chi connectivity index (χ0n) is 13.6. The number of carbonyl (C=O) groups excluding carboxylic acids is 2. The van der Waals surface area contributed by atoms with E-state index in [2.05, 4.69) is 11.3 Å². The minimum atomic E-state index is -0.378. The predicted octanol–water partition coefficient (Wildman–Crippen LogP) is 3.75. The van der Waals surface area contributed by atoms with Crippen LogP contribution in [0.3, 0.4) is 0 Å². The van der Waals surface area contributed by atoms with Crippen LogP contribution in [0.1, 0.15) is 34.6 Å². The number of rotatable bonds is 8. The smallest absolute Gasteiger partial charge is 0.302 e. The van der Waals surface area contributed by atoms with Gasteiger partial charge in [0.2, 0.25) is 0 Å². The molecule has 118 valence electrons. The summed E-state index contributed by atoms with van der Waals surface area (Å²) in [5.41, 5.74) is 2.54. The average Bonchev–Trinajstić information content (AvgIpc) is 2.47. The highest BCUT2D eigenvalue weighted by Gasteiger charge is 2.02. The van der Waals surface area contributed by atoms with Crippen molar-refractivity contribution in [3.8, 4) is 0 Å². The van der Waals surface area contributed by atoms with E-state index in [-0.39, 0.29) is 19.2 Å². The van der Waals surface area contributed by atoms with Crippen LogP contribution in [-0.4, -0.2) is 25.7 Å². The topological polar surface area (TPSA) is 52.6 Å². The summed E-state index contributed by atoms with van der Waals surface area (Å²) in [5, 5.41) is 0. The monoisotopic (exact) mass is 294 g/mol. The molecule has 0 aliphatic heterocycles. The first-order valence-corrected chi connectivity index (χ1v) is 6.87. The van der Waals surface area contributed by atoms with E-state index in [1.807, 2.05) is 52.0 Å². The molecule has 0 amide bonds. The van der Waals surface area contributed by atoms with Gasteiger partial charge in [0, 0.05) is 12.5 Å². The highest BCUT2D eigenvalue weighted by Crippen LogP contribution is 2.08. The maximum atomic E-state index is 10.8. The summed E-state index contributed by atoms with van der Waals surface area (Å²) in [6.07, 6.45) is 7.47. The molecule has 0 unspecified atom stereocenters. The number of hydrogen-bond donors (Lipinski definition) is 0.